The monoisotopic (exact) mass is 433 g/mol. The van der Waals surface area contributed by atoms with Gasteiger partial charge < -0.3 is 14.3 Å². The Balaban J connectivity index is 1.53. The maximum atomic E-state index is 12.9. The average Bonchev–Trinajstić information content (AvgIpc) is 3.40. The van der Waals surface area contributed by atoms with Gasteiger partial charge in [-0.25, -0.2) is 8.42 Å². The molecule has 1 aromatic carbocycles. The Morgan fingerprint density at radius 1 is 1.24 bits per heavy atom. The van der Waals surface area contributed by atoms with Crippen molar-refractivity contribution >= 4 is 38.7 Å². The molecule has 1 unspecified atom stereocenters. The highest BCUT2D eigenvalue weighted by Crippen LogP contribution is 2.28. The molecule has 0 bridgehead atoms. The predicted octanol–water partition coefficient (Wildman–Crippen LogP) is 3.33. The fourth-order valence-corrected chi connectivity index (χ4v) is 5.92. The van der Waals surface area contributed by atoms with Gasteiger partial charge in [-0.2, -0.15) is 16.1 Å². The van der Waals surface area contributed by atoms with Crippen molar-refractivity contribution in [3.63, 3.8) is 0 Å². The minimum atomic E-state index is -3.59. The highest BCUT2D eigenvalue weighted by molar-refractivity contribution is 7.99. The Morgan fingerprint density at radius 3 is 2.69 bits per heavy atom. The van der Waals surface area contributed by atoms with Crippen molar-refractivity contribution in [3.8, 4) is 0 Å². The van der Waals surface area contributed by atoms with Crippen molar-refractivity contribution in [1.29, 1.82) is 0 Å². The molecule has 1 N–H and O–H groups in total. The van der Waals surface area contributed by atoms with E-state index in [2.05, 4.69) is 4.98 Å². The maximum absolute atomic E-state index is 12.9. The van der Waals surface area contributed by atoms with Crippen LogP contribution in [0.5, 0.6) is 0 Å². The number of carbonyl (C=O) groups is 1. The van der Waals surface area contributed by atoms with Gasteiger partial charge in [0, 0.05) is 43.2 Å². The lowest BCUT2D eigenvalue weighted by Gasteiger charge is -2.25. The fraction of sp³-hybridized carbons (Fsp3) is 0.350. The van der Waals surface area contributed by atoms with Gasteiger partial charge in [0.25, 0.3) is 5.91 Å². The van der Waals surface area contributed by atoms with Crippen LogP contribution in [0.25, 0.3) is 11.0 Å². The van der Waals surface area contributed by atoms with Crippen molar-refractivity contribution in [2.75, 3.05) is 31.6 Å². The number of hydrogen-bond donors (Lipinski definition) is 1. The largest absolute Gasteiger partial charge is 0.459 e. The summed E-state index contributed by atoms with van der Waals surface area (Å²) < 4.78 is 33.0. The first-order valence-electron chi connectivity index (χ1n) is 9.40. The number of aromatic nitrogens is 1. The number of thioether (sulfide) groups is 1. The Hall–Kier alpha value is -2.23. The molecule has 3 heterocycles. The van der Waals surface area contributed by atoms with Crippen molar-refractivity contribution in [1.82, 2.24) is 14.2 Å². The zero-order valence-electron chi connectivity index (χ0n) is 16.3. The van der Waals surface area contributed by atoms with Crippen LogP contribution in [-0.4, -0.2) is 60.2 Å². The van der Waals surface area contributed by atoms with E-state index >= 15 is 0 Å². The molecular weight excluding hydrogens is 410 g/mol. The third-order valence-corrected chi connectivity index (χ3v) is 8.07. The maximum Gasteiger partial charge on any atom is 0.270 e. The first-order valence-corrected chi connectivity index (χ1v) is 12.0. The number of nitrogens with one attached hydrogen (secondary N) is 1. The second kappa shape index (κ2) is 7.89. The Kier molecular flexibility index (Phi) is 5.46. The normalized spacial score (nSPS) is 16.8. The number of carbonyl (C=O) groups excluding carboxylic acids is 1. The van der Waals surface area contributed by atoms with Gasteiger partial charge in [-0.3, -0.25) is 4.79 Å². The van der Waals surface area contributed by atoms with Crippen LogP contribution < -0.4 is 0 Å². The lowest BCUT2D eigenvalue weighted by Crippen LogP contribution is -2.37. The number of nitrogens with zero attached hydrogens (tertiary/aromatic N) is 2. The van der Waals surface area contributed by atoms with Crippen LogP contribution in [0.1, 0.15) is 29.2 Å². The molecule has 0 aliphatic carbocycles. The highest BCUT2D eigenvalue weighted by atomic mass is 32.2. The van der Waals surface area contributed by atoms with Crippen LogP contribution in [0, 0.1) is 0 Å². The van der Waals surface area contributed by atoms with Gasteiger partial charge in [-0.1, -0.05) is 18.2 Å². The number of fused-ring (bicyclic) bond motifs is 1. The fourth-order valence-electron chi connectivity index (χ4n) is 3.35. The quantitative estimate of drug-likeness (QED) is 0.667. The molecule has 2 aromatic heterocycles. The third-order valence-electron chi connectivity index (χ3n) is 5.25. The van der Waals surface area contributed by atoms with E-state index in [0.717, 1.165) is 22.5 Å². The lowest BCUT2D eigenvalue weighted by molar-refractivity contribution is 0.0722. The number of rotatable bonds is 5. The second-order valence-corrected chi connectivity index (χ2v) is 10.2. The molecule has 1 fully saturated rings. The van der Waals surface area contributed by atoms with Crippen LogP contribution in [-0.2, 0) is 10.0 Å². The summed E-state index contributed by atoms with van der Waals surface area (Å²) in [6, 6.07) is 10.7. The van der Waals surface area contributed by atoms with Gasteiger partial charge in [0.05, 0.1) is 6.04 Å². The molecule has 1 amide bonds. The minimum Gasteiger partial charge on any atom is -0.459 e. The number of hydrogen-bond acceptors (Lipinski definition) is 5. The van der Waals surface area contributed by atoms with Crippen molar-refractivity contribution in [2.24, 2.45) is 0 Å². The van der Waals surface area contributed by atoms with E-state index in [0.29, 0.717) is 18.8 Å². The number of sulfonamides is 1. The molecule has 1 atom stereocenters. The van der Waals surface area contributed by atoms with E-state index in [4.69, 9.17) is 4.42 Å². The molecule has 0 saturated carbocycles. The number of H-pyrrole nitrogens is 1. The molecule has 9 heteroatoms. The van der Waals surface area contributed by atoms with Gasteiger partial charge in [0.15, 0.2) is 0 Å². The van der Waals surface area contributed by atoms with Crippen LogP contribution >= 0.6 is 11.8 Å². The van der Waals surface area contributed by atoms with Crippen LogP contribution in [0.4, 0.5) is 0 Å². The smallest absolute Gasteiger partial charge is 0.270 e. The van der Waals surface area contributed by atoms with E-state index in [1.54, 1.807) is 18.8 Å². The van der Waals surface area contributed by atoms with Gasteiger partial charge in [0.1, 0.15) is 21.9 Å². The zero-order chi connectivity index (χ0) is 20.6. The van der Waals surface area contributed by atoms with Crippen LogP contribution in [0.3, 0.4) is 0 Å². The summed E-state index contributed by atoms with van der Waals surface area (Å²) in [5.41, 5.74) is 1.00. The van der Waals surface area contributed by atoms with Crippen LogP contribution in [0.15, 0.2) is 51.9 Å². The number of benzene rings is 1. The summed E-state index contributed by atoms with van der Waals surface area (Å²) in [5.74, 6) is 1.95. The summed E-state index contributed by atoms with van der Waals surface area (Å²) >= 11 is 1.74. The summed E-state index contributed by atoms with van der Waals surface area (Å²) in [6.07, 6.45) is 1.39. The topological polar surface area (TPSA) is 86.6 Å². The molecule has 1 aliphatic rings. The van der Waals surface area contributed by atoms with Gasteiger partial charge >= 0.3 is 0 Å². The minimum absolute atomic E-state index is 0.123. The first-order chi connectivity index (χ1) is 13.9. The van der Waals surface area contributed by atoms with Gasteiger partial charge in [0.2, 0.25) is 10.0 Å². The molecule has 0 spiro atoms. The van der Waals surface area contributed by atoms with Crippen molar-refractivity contribution < 1.29 is 17.6 Å². The molecule has 154 valence electrons. The standard InChI is InChI=1S/C20H23N3O4S2/c1-14(19-11-15-5-3-4-6-18(15)27-19)22(2)20(24)17-12-16(13-21-17)29(25,26)23-7-9-28-10-8-23/h3-6,11-14,21H,7-10H2,1-2H3. The van der Waals surface area contributed by atoms with Crippen molar-refractivity contribution in [2.45, 2.75) is 17.9 Å². The Morgan fingerprint density at radius 2 is 1.97 bits per heavy atom. The van der Waals surface area contributed by atoms with E-state index in [9.17, 15) is 13.2 Å². The molecule has 1 saturated heterocycles. The van der Waals surface area contributed by atoms with Gasteiger partial charge in [-0.15, -0.1) is 0 Å². The number of para-hydroxylation sites is 1. The Bertz CT molecular complexity index is 1100. The number of amides is 1. The third kappa shape index (κ3) is 3.82. The summed E-state index contributed by atoms with van der Waals surface area (Å²) in [6.45, 7) is 2.86. The molecule has 3 aromatic rings. The molecule has 4 rings (SSSR count). The summed E-state index contributed by atoms with van der Waals surface area (Å²) in [5, 5.41) is 0.975. The number of aromatic amines is 1. The van der Waals surface area contributed by atoms with Crippen LogP contribution in [0.2, 0.25) is 0 Å². The molecule has 0 radical (unpaired) electrons. The summed E-state index contributed by atoms with van der Waals surface area (Å²) in [7, 11) is -1.91. The Labute approximate surface area is 174 Å². The predicted molar refractivity (Wildman–Crippen MR) is 114 cm³/mol. The molecular formula is C20H23N3O4S2. The zero-order valence-corrected chi connectivity index (χ0v) is 17.9. The lowest BCUT2D eigenvalue weighted by atomic mass is 10.2. The molecule has 29 heavy (non-hydrogen) atoms. The average molecular weight is 434 g/mol. The first kappa shape index (κ1) is 20.1. The second-order valence-electron chi connectivity index (χ2n) is 7.04. The van der Waals surface area contributed by atoms with Crippen molar-refractivity contribution in [3.05, 3.63) is 54.0 Å². The van der Waals surface area contributed by atoms with E-state index in [1.165, 1.54) is 21.5 Å². The van der Waals surface area contributed by atoms with E-state index in [1.807, 2.05) is 37.3 Å². The SMILES string of the molecule is CC(c1cc2ccccc2o1)N(C)C(=O)c1cc(S(=O)(=O)N2CCSCC2)c[nH]1. The molecule has 1 aliphatic heterocycles. The number of furan rings is 1. The summed E-state index contributed by atoms with van der Waals surface area (Å²) in [4.78, 5) is 17.4. The highest BCUT2D eigenvalue weighted by Gasteiger charge is 2.29. The van der Waals surface area contributed by atoms with Gasteiger partial charge in [-0.05, 0) is 25.1 Å². The van der Waals surface area contributed by atoms with E-state index in [-0.39, 0.29) is 22.5 Å². The molecule has 7 nitrogen and oxygen atoms in total. The van der Waals surface area contributed by atoms with E-state index < -0.39 is 10.0 Å².